The molecule has 1 aliphatic carbocycles. The molecule has 2 nitrogen and oxygen atoms in total. The van der Waals surface area contributed by atoms with Crippen molar-refractivity contribution in [3.63, 3.8) is 0 Å². The Hall–Kier alpha value is -0.760. The summed E-state index contributed by atoms with van der Waals surface area (Å²) < 4.78 is 6.16. The monoisotopic (exact) mass is 253 g/mol. The van der Waals surface area contributed by atoms with Crippen molar-refractivity contribution in [3.05, 3.63) is 24.0 Å². The lowest BCUT2D eigenvalue weighted by Crippen LogP contribution is -2.30. The van der Waals surface area contributed by atoms with Gasteiger partial charge in [-0.15, -0.1) is 11.6 Å². The van der Waals surface area contributed by atoms with Gasteiger partial charge in [0.1, 0.15) is 11.9 Å². The maximum absolute atomic E-state index is 6.16. The number of hydrogen-bond donors (Lipinski definition) is 0. The lowest BCUT2D eigenvalue weighted by molar-refractivity contribution is 0.0895. The Kier molecular flexibility index (Phi) is 4.66. The average molecular weight is 254 g/mol. The number of aromatic nitrogens is 1. The quantitative estimate of drug-likeness (QED) is 0.752. The number of pyridine rings is 1. The van der Waals surface area contributed by atoms with E-state index >= 15 is 0 Å². The minimum absolute atomic E-state index is 0.359. The molecule has 0 spiro atoms. The minimum Gasteiger partial charge on any atom is -0.490 e. The van der Waals surface area contributed by atoms with Gasteiger partial charge in [0.2, 0.25) is 0 Å². The second-order valence-electron chi connectivity index (χ2n) is 4.73. The molecule has 94 valence electrons. The Balaban J connectivity index is 2.08. The Morgan fingerprint density at radius 1 is 1.41 bits per heavy atom. The van der Waals surface area contributed by atoms with E-state index in [1.165, 1.54) is 32.1 Å². The molecular weight excluding hydrogens is 234 g/mol. The van der Waals surface area contributed by atoms with Gasteiger partial charge in [0.15, 0.2) is 0 Å². The van der Waals surface area contributed by atoms with Crippen molar-refractivity contribution in [2.24, 2.45) is 5.92 Å². The summed E-state index contributed by atoms with van der Waals surface area (Å²) in [4.78, 5) is 4.08. The summed E-state index contributed by atoms with van der Waals surface area (Å²) in [7, 11) is 0. The van der Waals surface area contributed by atoms with Crippen LogP contribution in [0.4, 0.5) is 0 Å². The zero-order valence-corrected chi connectivity index (χ0v) is 11.1. The van der Waals surface area contributed by atoms with E-state index in [2.05, 4.69) is 11.9 Å². The van der Waals surface area contributed by atoms with E-state index in [4.69, 9.17) is 16.3 Å². The zero-order valence-electron chi connectivity index (χ0n) is 10.4. The lowest BCUT2D eigenvalue weighted by atomic mass is 9.85. The van der Waals surface area contributed by atoms with Gasteiger partial charge in [0.05, 0.1) is 5.88 Å². The predicted octanol–water partition coefficient (Wildman–Crippen LogP) is 4.17. The van der Waals surface area contributed by atoms with E-state index < -0.39 is 0 Å². The van der Waals surface area contributed by atoms with Gasteiger partial charge < -0.3 is 4.74 Å². The summed E-state index contributed by atoms with van der Waals surface area (Å²) in [5.74, 6) is 2.08. The van der Waals surface area contributed by atoms with Gasteiger partial charge in [-0.05, 0) is 37.7 Å². The molecule has 3 heteroatoms. The first kappa shape index (κ1) is 12.7. The van der Waals surface area contributed by atoms with Crippen LogP contribution in [0.1, 0.15) is 44.6 Å². The fourth-order valence-corrected chi connectivity index (χ4v) is 2.79. The summed E-state index contributed by atoms with van der Waals surface area (Å²) in [6.07, 6.45) is 10.2. The topological polar surface area (TPSA) is 22.1 Å². The number of alkyl halides is 1. The van der Waals surface area contributed by atoms with Crippen LogP contribution in [0.25, 0.3) is 0 Å². The van der Waals surface area contributed by atoms with E-state index in [-0.39, 0.29) is 0 Å². The maximum atomic E-state index is 6.16. The van der Waals surface area contributed by atoms with Crippen LogP contribution in [0.15, 0.2) is 18.5 Å². The van der Waals surface area contributed by atoms with E-state index in [0.29, 0.717) is 17.9 Å². The highest BCUT2D eigenvalue weighted by Gasteiger charge is 2.25. The van der Waals surface area contributed by atoms with Crippen molar-refractivity contribution in [3.8, 4) is 5.75 Å². The molecule has 1 heterocycles. The van der Waals surface area contributed by atoms with Crippen molar-refractivity contribution in [2.75, 3.05) is 0 Å². The van der Waals surface area contributed by atoms with Crippen LogP contribution in [-0.2, 0) is 5.88 Å². The summed E-state index contributed by atoms with van der Waals surface area (Å²) in [5.41, 5.74) is 0.995. The van der Waals surface area contributed by atoms with Crippen LogP contribution in [0, 0.1) is 5.92 Å². The molecule has 0 aliphatic heterocycles. The SMILES string of the molecule is CCC1CCCCC1Oc1ccncc1CCl. The highest BCUT2D eigenvalue weighted by Crippen LogP contribution is 2.31. The Bertz CT molecular complexity index is 356. The summed E-state index contributed by atoms with van der Waals surface area (Å²) >= 11 is 5.90. The first-order valence-corrected chi connectivity index (χ1v) is 7.04. The molecule has 0 radical (unpaired) electrons. The van der Waals surface area contributed by atoms with Crippen LogP contribution < -0.4 is 4.74 Å². The molecule has 0 bridgehead atoms. The number of halogens is 1. The van der Waals surface area contributed by atoms with Gasteiger partial charge in [-0.3, -0.25) is 4.98 Å². The molecule has 1 fully saturated rings. The van der Waals surface area contributed by atoms with Crippen LogP contribution in [0.3, 0.4) is 0 Å². The smallest absolute Gasteiger partial charge is 0.127 e. The molecule has 2 rings (SSSR count). The van der Waals surface area contributed by atoms with Crippen molar-refractivity contribution in [2.45, 2.75) is 51.0 Å². The van der Waals surface area contributed by atoms with Gasteiger partial charge in [-0.1, -0.05) is 13.3 Å². The van der Waals surface area contributed by atoms with Crippen molar-refractivity contribution in [1.82, 2.24) is 4.98 Å². The van der Waals surface area contributed by atoms with Crippen molar-refractivity contribution >= 4 is 11.6 Å². The van der Waals surface area contributed by atoms with E-state index in [9.17, 15) is 0 Å². The molecule has 1 aromatic heterocycles. The number of ether oxygens (including phenoxy) is 1. The van der Waals surface area contributed by atoms with Crippen LogP contribution >= 0.6 is 11.6 Å². The minimum atomic E-state index is 0.359. The first-order chi connectivity index (χ1) is 8.35. The summed E-state index contributed by atoms with van der Waals surface area (Å²) in [6, 6.07) is 1.93. The first-order valence-electron chi connectivity index (χ1n) is 6.50. The average Bonchev–Trinajstić information content (AvgIpc) is 2.40. The van der Waals surface area contributed by atoms with Gasteiger partial charge in [0, 0.05) is 18.0 Å². The number of hydrogen-bond acceptors (Lipinski definition) is 2. The molecule has 2 atom stereocenters. The van der Waals surface area contributed by atoms with Crippen molar-refractivity contribution in [1.29, 1.82) is 0 Å². The third kappa shape index (κ3) is 3.12. The van der Waals surface area contributed by atoms with E-state index in [1.54, 1.807) is 12.4 Å². The van der Waals surface area contributed by atoms with E-state index in [1.807, 2.05) is 6.07 Å². The molecule has 17 heavy (non-hydrogen) atoms. The normalized spacial score (nSPS) is 24.6. The molecule has 1 aromatic rings. The Labute approximate surface area is 108 Å². The fraction of sp³-hybridized carbons (Fsp3) is 0.643. The van der Waals surface area contributed by atoms with Crippen LogP contribution in [0.5, 0.6) is 5.75 Å². The lowest BCUT2D eigenvalue weighted by Gasteiger charge is -2.31. The predicted molar refractivity (Wildman–Crippen MR) is 70.5 cm³/mol. The highest BCUT2D eigenvalue weighted by atomic mass is 35.5. The standard InChI is InChI=1S/C14H20ClNO/c1-2-11-5-3-4-6-13(11)17-14-7-8-16-10-12(14)9-15/h7-8,10-11,13H,2-6,9H2,1H3. The summed E-state index contributed by atoms with van der Waals surface area (Å²) in [5, 5.41) is 0. The van der Waals surface area contributed by atoms with Crippen LogP contribution in [0.2, 0.25) is 0 Å². The molecular formula is C14H20ClNO. The Morgan fingerprint density at radius 3 is 3.00 bits per heavy atom. The Morgan fingerprint density at radius 2 is 2.24 bits per heavy atom. The number of nitrogens with zero attached hydrogens (tertiary/aromatic N) is 1. The van der Waals surface area contributed by atoms with Gasteiger partial charge >= 0.3 is 0 Å². The zero-order chi connectivity index (χ0) is 12.1. The van der Waals surface area contributed by atoms with Gasteiger partial charge in [-0.25, -0.2) is 0 Å². The molecule has 0 N–H and O–H groups in total. The molecule has 2 unspecified atom stereocenters. The third-order valence-corrected chi connectivity index (χ3v) is 3.93. The van der Waals surface area contributed by atoms with E-state index in [0.717, 1.165) is 11.3 Å². The highest BCUT2D eigenvalue weighted by molar-refractivity contribution is 6.17. The van der Waals surface area contributed by atoms with Gasteiger partial charge in [-0.2, -0.15) is 0 Å². The molecule has 0 saturated heterocycles. The number of rotatable bonds is 4. The van der Waals surface area contributed by atoms with Gasteiger partial charge in [0.25, 0.3) is 0 Å². The van der Waals surface area contributed by atoms with Crippen molar-refractivity contribution < 1.29 is 4.74 Å². The second kappa shape index (κ2) is 6.25. The molecule has 0 amide bonds. The molecule has 1 aliphatic rings. The molecule has 0 aromatic carbocycles. The third-order valence-electron chi connectivity index (χ3n) is 3.64. The largest absolute Gasteiger partial charge is 0.490 e. The second-order valence-corrected chi connectivity index (χ2v) is 4.99. The van der Waals surface area contributed by atoms with Crippen LogP contribution in [-0.4, -0.2) is 11.1 Å². The fourth-order valence-electron chi connectivity index (χ4n) is 2.59. The summed E-state index contributed by atoms with van der Waals surface area (Å²) in [6.45, 7) is 2.25. The molecule has 1 saturated carbocycles. The maximum Gasteiger partial charge on any atom is 0.127 e.